The molecule has 6 heteroatoms. The minimum atomic E-state index is 0.281. The molecule has 5 nitrogen and oxygen atoms in total. The van der Waals surface area contributed by atoms with Gasteiger partial charge in [0.2, 0.25) is 6.79 Å². The predicted molar refractivity (Wildman–Crippen MR) is 85.9 cm³/mol. The molecule has 0 saturated heterocycles. The van der Waals surface area contributed by atoms with Crippen LogP contribution < -0.4 is 20.2 Å². The van der Waals surface area contributed by atoms with Crippen LogP contribution in [0.15, 0.2) is 23.3 Å². The quantitative estimate of drug-likeness (QED) is 0.510. The summed E-state index contributed by atoms with van der Waals surface area (Å²) in [6.07, 6.45) is 7.99. The second kappa shape index (κ2) is 6.76. The zero-order valence-electron chi connectivity index (χ0n) is 11.8. The van der Waals surface area contributed by atoms with E-state index in [9.17, 15) is 0 Å². The summed E-state index contributed by atoms with van der Waals surface area (Å²) in [5.41, 5.74) is 3.80. The number of hydrogen-bond acceptors (Lipinski definition) is 4. The van der Waals surface area contributed by atoms with Gasteiger partial charge < -0.3 is 14.8 Å². The minimum absolute atomic E-state index is 0.281. The van der Waals surface area contributed by atoms with Crippen molar-refractivity contribution in [3.63, 3.8) is 0 Å². The van der Waals surface area contributed by atoms with Crippen molar-refractivity contribution in [1.29, 1.82) is 0 Å². The molecule has 1 saturated carbocycles. The molecule has 1 heterocycles. The number of hydrogen-bond donors (Lipinski definition) is 2. The van der Waals surface area contributed by atoms with Crippen molar-refractivity contribution < 1.29 is 9.47 Å². The van der Waals surface area contributed by atoms with Gasteiger partial charge in [-0.05, 0) is 48.8 Å². The molecular weight excluding hydrogens is 286 g/mol. The van der Waals surface area contributed by atoms with E-state index in [1.807, 2.05) is 18.2 Å². The van der Waals surface area contributed by atoms with Crippen molar-refractivity contribution in [2.75, 3.05) is 6.79 Å². The Kier molecular flexibility index (Phi) is 4.55. The Morgan fingerprint density at radius 3 is 2.86 bits per heavy atom. The van der Waals surface area contributed by atoms with Crippen LogP contribution in [0.25, 0.3) is 0 Å². The summed E-state index contributed by atoms with van der Waals surface area (Å²) in [6.45, 7) is 0.281. The molecule has 0 bridgehead atoms. The topological polar surface area (TPSA) is 54.9 Å². The highest BCUT2D eigenvalue weighted by atomic mass is 32.1. The SMILES string of the molecule is S=C(N/N=C\c1ccc2c(c1)OCO2)NC1CCCCC1. The second-order valence-electron chi connectivity index (χ2n) is 5.29. The second-order valence-corrected chi connectivity index (χ2v) is 5.70. The highest BCUT2D eigenvalue weighted by Crippen LogP contribution is 2.31. The molecule has 1 aliphatic heterocycles. The highest BCUT2D eigenvalue weighted by Gasteiger charge is 2.14. The monoisotopic (exact) mass is 305 g/mol. The van der Waals surface area contributed by atoms with E-state index in [2.05, 4.69) is 15.8 Å². The van der Waals surface area contributed by atoms with E-state index in [1.54, 1.807) is 6.21 Å². The Morgan fingerprint density at radius 2 is 2.00 bits per heavy atom. The summed E-state index contributed by atoms with van der Waals surface area (Å²) in [7, 11) is 0. The third-order valence-electron chi connectivity index (χ3n) is 3.72. The number of ether oxygens (including phenoxy) is 2. The summed E-state index contributed by atoms with van der Waals surface area (Å²) in [5, 5.41) is 8.05. The molecule has 3 rings (SSSR count). The summed E-state index contributed by atoms with van der Waals surface area (Å²) in [5.74, 6) is 1.52. The zero-order valence-corrected chi connectivity index (χ0v) is 12.6. The first-order valence-electron chi connectivity index (χ1n) is 7.30. The lowest BCUT2D eigenvalue weighted by atomic mass is 9.96. The van der Waals surface area contributed by atoms with E-state index in [0.717, 1.165) is 17.1 Å². The first kappa shape index (κ1) is 14.1. The number of nitrogens with zero attached hydrogens (tertiary/aromatic N) is 1. The van der Waals surface area contributed by atoms with Gasteiger partial charge in [-0.25, -0.2) is 0 Å². The fourth-order valence-electron chi connectivity index (χ4n) is 2.62. The van der Waals surface area contributed by atoms with Crippen LogP contribution in [-0.2, 0) is 0 Å². The van der Waals surface area contributed by atoms with Crippen LogP contribution in [0.3, 0.4) is 0 Å². The Labute approximate surface area is 129 Å². The molecule has 1 fully saturated rings. The molecule has 2 N–H and O–H groups in total. The average Bonchev–Trinajstić information content (AvgIpc) is 2.96. The highest BCUT2D eigenvalue weighted by molar-refractivity contribution is 7.80. The Morgan fingerprint density at radius 1 is 1.19 bits per heavy atom. The van der Waals surface area contributed by atoms with Gasteiger partial charge in [-0.2, -0.15) is 5.10 Å². The van der Waals surface area contributed by atoms with Crippen LogP contribution in [0.4, 0.5) is 0 Å². The van der Waals surface area contributed by atoms with Gasteiger partial charge in [0.1, 0.15) is 0 Å². The number of thiocarbonyl (C=S) groups is 1. The first-order valence-corrected chi connectivity index (χ1v) is 7.71. The third kappa shape index (κ3) is 3.85. The number of rotatable bonds is 3. The number of hydrazone groups is 1. The number of benzene rings is 1. The molecule has 0 unspecified atom stereocenters. The predicted octanol–water partition coefficient (Wildman–Crippen LogP) is 2.55. The van der Waals surface area contributed by atoms with Crippen LogP contribution in [-0.4, -0.2) is 24.2 Å². The van der Waals surface area contributed by atoms with Crippen LogP contribution in [0, 0.1) is 0 Å². The maximum absolute atomic E-state index is 5.32. The van der Waals surface area contributed by atoms with E-state index in [0.29, 0.717) is 11.2 Å². The molecule has 0 amide bonds. The normalized spacial score (nSPS) is 17.9. The summed E-state index contributed by atoms with van der Waals surface area (Å²) < 4.78 is 10.6. The molecular formula is C15H19N3O2S. The van der Waals surface area contributed by atoms with Gasteiger partial charge >= 0.3 is 0 Å². The Balaban J connectivity index is 1.48. The van der Waals surface area contributed by atoms with Crippen molar-refractivity contribution >= 4 is 23.5 Å². The largest absolute Gasteiger partial charge is 0.454 e. The van der Waals surface area contributed by atoms with Crippen LogP contribution in [0.1, 0.15) is 37.7 Å². The standard InChI is InChI=1S/C15H19N3O2S/c21-15(17-12-4-2-1-3-5-12)18-16-9-11-6-7-13-14(8-11)20-10-19-13/h6-9,12H,1-5,10H2,(H2,17,18,21)/b16-9-. The minimum Gasteiger partial charge on any atom is -0.454 e. The lowest BCUT2D eigenvalue weighted by Gasteiger charge is -2.23. The summed E-state index contributed by atoms with van der Waals surface area (Å²) in [6, 6.07) is 6.18. The van der Waals surface area contributed by atoms with E-state index in [1.165, 1.54) is 32.1 Å². The lowest BCUT2D eigenvalue weighted by Crippen LogP contribution is -2.40. The maximum Gasteiger partial charge on any atom is 0.231 e. The summed E-state index contributed by atoms with van der Waals surface area (Å²) >= 11 is 5.25. The molecule has 0 aromatic heterocycles. The molecule has 1 aromatic rings. The molecule has 1 aliphatic carbocycles. The van der Waals surface area contributed by atoms with E-state index < -0.39 is 0 Å². The Hall–Kier alpha value is -1.82. The average molecular weight is 305 g/mol. The van der Waals surface area contributed by atoms with Crippen LogP contribution >= 0.6 is 12.2 Å². The molecule has 2 aliphatic rings. The molecule has 0 spiro atoms. The maximum atomic E-state index is 5.32. The number of fused-ring (bicyclic) bond motifs is 1. The van der Waals surface area contributed by atoms with Gasteiger partial charge in [0.15, 0.2) is 16.6 Å². The Bertz CT molecular complexity index is 542. The van der Waals surface area contributed by atoms with E-state index in [-0.39, 0.29) is 6.79 Å². The molecule has 1 aromatic carbocycles. The molecule has 112 valence electrons. The smallest absolute Gasteiger partial charge is 0.231 e. The number of nitrogens with one attached hydrogen (secondary N) is 2. The first-order chi connectivity index (χ1) is 10.3. The van der Waals surface area contributed by atoms with Crippen LogP contribution in [0.5, 0.6) is 11.5 Å². The van der Waals surface area contributed by atoms with Crippen molar-refractivity contribution in [1.82, 2.24) is 10.7 Å². The third-order valence-corrected chi connectivity index (χ3v) is 3.93. The van der Waals surface area contributed by atoms with Crippen molar-refractivity contribution in [3.05, 3.63) is 23.8 Å². The van der Waals surface area contributed by atoms with Gasteiger partial charge in [-0.1, -0.05) is 19.3 Å². The van der Waals surface area contributed by atoms with Gasteiger partial charge in [-0.15, -0.1) is 0 Å². The van der Waals surface area contributed by atoms with Gasteiger partial charge in [0.05, 0.1) is 6.21 Å². The van der Waals surface area contributed by atoms with Crippen molar-refractivity contribution in [2.24, 2.45) is 5.10 Å². The van der Waals surface area contributed by atoms with Crippen LogP contribution in [0.2, 0.25) is 0 Å². The van der Waals surface area contributed by atoms with Gasteiger partial charge in [0.25, 0.3) is 0 Å². The lowest BCUT2D eigenvalue weighted by molar-refractivity contribution is 0.174. The van der Waals surface area contributed by atoms with E-state index in [4.69, 9.17) is 21.7 Å². The summed E-state index contributed by atoms with van der Waals surface area (Å²) in [4.78, 5) is 0. The van der Waals surface area contributed by atoms with E-state index >= 15 is 0 Å². The zero-order chi connectivity index (χ0) is 14.5. The molecule has 0 atom stereocenters. The fraction of sp³-hybridized carbons (Fsp3) is 0.467. The fourth-order valence-corrected chi connectivity index (χ4v) is 2.84. The van der Waals surface area contributed by atoms with Crippen molar-refractivity contribution in [2.45, 2.75) is 38.1 Å². The molecule has 0 radical (unpaired) electrons. The van der Waals surface area contributed by atoms with Crippen molar-refractivity contribution in [3.8, 4) is 11.5 Å². The van der Waals surface area contributed by atoms with Gasteiger partial charge in [0, 0.05) is 6.04 Å². The molecule has 21 heavy (non-hydrogen) atoms. The van der Waals surface area contributed by atoms with Gasteiger partial charge in [-0.3, -0.25) is 5.43 Å².